The molecule has 0 saturated heterocycles. The summed E-state index contributed by atoms with van der Waals surface area (Å²) in [4.78, 5) is 30.0. The predicted molar refractivity (Wildman–Crippen MR) is 158 cm³/mol. The standard InChI is InChI=1S/C32H28N2O6S/c1-4-38-26-16-21(12-15-25(26)40-19-24-9-7-6-8-23(24)18-33)17-27-29(35)28(32(37)39-5-2)31(41-27)34-30(36)22-13-10-20(3)11-14-22/h6-17,35H,4-5,19H2,1-3H3/b27-17-,34-31?. The number of ether oxygens (including phenoxy) is 3. The number of hydrogen-bond acceptors (Lipinski definition) is 8. The van der Waals surface area contributed by atoms with Crippen LogP contribution in [0.15, 0.2) is 88.0 Å². The lowest BCUT2D eigenvalue weighted by molar-refractivity contribution is -0.138. The number of esters is 1. The highest BCUT2D eigenvalue weighted by Crippen LogP contribution is 2.40. The van der Waals surface area contributed by atoms with Gasteiger partial charge in [0.05, 0.1) is 29.8 Å². The average molecular weight is 569 g/mol. The molecule has 1 amide bonds. The number of thioether (sulfide) groups is 1. The number of aliphatic hydroxyl groups excluding tert-OH is 1. The fraction of sp³-hybridized carbons (Fsp3) is 0.188. The van der Waals surface area contributed by atoms with Crippen LogP contribution in [0, 0.1) is 18.3 Å². The van der Waals surface area contributed by atoms with E-state index in [0.29, 0.717) is 39.7 Å². The maximum Gasteiger partial charge on any atom is 0.344 e. The third kappa shape index (κ3) is 7.04. The number of hydrogen-bond donors (Lipinski definition) is 1. The van der Waals surface area contributed by atoms with Gasteiger partial charge in [-0.15, -0.1) is 0 Å². The number of aliphatic hydroxyl groups is 1. The smallest absolute Gasteiger partial charge is 0.344 e. The van der Waals surface area contributed by atoms with E-state index in [1.54, 1.807) is 67.6 Å². The summed E-state index contributed by atoms with van der Waals surface area (Å²) in [5.41, 5.74) is 3.13. The molecular weight excluding hydrogens is 540 g/mol. The Morgan fingerprint density at radius 3 is 2.46 bits per heavy atom. The molecule has 0 unspecified atom stereocenters. The number of nitriles is 1. The van der Waals surface area contributed by atoms with Gasteiger partial charge in [0.15, 0.2) is 11.5 Å². The molecule has 0 aliphatic carbocycles. The molecule has 8 nitrogen and oxygen atoms in total. The maximum atomic E-state index is 12.8. The Hall–Kier alpha value is -4.81. The van der Waals surface area contributed by atoms with Crippen molar-refractivity contribution in [1.29, 1.82) is 5.26 Å². The first-order valence-electron chi connectivity index (χ1n) is 12.9. The Balaban J connectivity index is 1.64. The van der Waals surface area contributed by atoms with E-state index in [0.717, 1.165) is 22.9 Å². The van der Waals surface area contributed by atoms with E-state index in [2.05, 4.69) is 11.1 Å². The van der Waals surface area contributed by atoms with Crippen molar-refractivity contribution in [2.24, 2.45) is 4.99 Å². The van der Waals surface area contributed by atoms with Crippen molar-refractivity contribution in [3.63, 3.8) is 0 Å². The molecule has 1 heterocycles. The minimum atomic E-state index is -0.771. The molecule has 0 spiro atoms. The first kappa shape index (κ1) is 29.2. The van der Waals surface area contributed by atoms with Crippen LogP contribution in [-0.2, 0) is 16.1 Å². The summed E-state index contributed by atoms with van der Waals surface area (Å²) in [7, 11) is 0. The topological polar surface area (TPSA) is 118 Å². The molecule has 1 N–H and O–H groups in total. The highest BCUT2D eigenvalue weighted by Gasteiger charge is 2.34. The third-order valence-corrected chi connectivity index (χ3v) is 6.98. The van der Waals surface area contributed by atoms with Gasteiger partial charge in [0, 0.05) is 11.1 Å². The van der Waals surface area contributed by atoms with Crippen molar-refractivity contribution < 1.29 is 28.9 Å². The molecule has 0 radical (unpaired) electrons. The molecule has 9 heteroatoms. The van der Waals surface area contributed by atoms with Crippen LogP contribution in [0.25, 0.3) is 6.08 Å². The van der Waals surface area contributed by atoms with Gasteiger partial charge < -0.3 is 19.3 Å². The summed E-state index contributed by atoms with van der Waals surface area (Å²) in [5.74, 6) is -0.680. The van der Waals surface area contributed by atoms with E-state index in [4.69, 9.17) is 14.2 Å². The van der Waals surface area contributed by atoms with Crippen LogP contribution in [0.3, 0.4) is 0 Å². The lowest BCUT2D eigenvalue weighted by atomic mass is 10.1. The van der Waals surface area contributed by atoms with Crippen molar-refractivity contribution in [2.45, 2.75) is 27.4 Å². The zero-order valence-electron chi connectivity index (χ0n) is 22.8. The highest BCUT2D eigenvalue weighted by molar-refractivity contribution is 8.18. The van der Waals surface area contributed by atoms with E-state index in [-0.39, 0.29) is 29.6 Å². The number of aryl methyl sites for hydroxylation is 1. The molecule has 0 fully saturated rings. The Morgan fingerprint density at radius 1 is 1.00 bits per heavy atom. The normalized spacial score (nSPS) is 14.7. The predicted octanol–water partition coefficient (Wildman–Crippen LogP) is 6.55. The molecule has 208 valence electrons. The average Bonchev–Trinajstić information content (AvgIpc) is 3.27. The Labute approximate surface area is 242 Å². The molecule has 1 aliphatic rings. The van der Waals surface area contributed by atoms with E-state index < -0.39 is 11.9 Å². The minimum Gasteiger partial charge on any atom is -0.506 e. The molecule has 3 aromatic carbocycles. The molecule has 41 heavy (non-hydrogen) atoms. The van der Waals surface area contributed by atoms with Crippen molar-refractivity contribution >= 4 is 34.8 Å². The minimum absolute atomic E-state index is 0.0546. The van der Waals surface area contributed by atoms with E-state index >= 15 is 0 Å². The Kier molecular flexibility index (Phi) is 9.61. The van der Waals surface area contributed by atoms with Gasteiger partial charge in [-0.2, -0.15) is 5.26 Å². The van der Waals surface area contributed by atoms with Gasteiger partial charge >= 0.3 is 5.97 Å². The second-order valence-electron chi connectivity index (χ2n) is 8.84. The lowest BCUT2D eigenvalue weighted by Crippen LogP contribution is -2.14. The van der Waals surface area contributed by atoms with E-state index in [1.165, 1.54) is 0 Å². The van der Waals surface area contributed by atoms with Gasteiger partial charge in [0.25, 0.3) is 5.91 Å². The number of carbonyl (C=O) groups excluding carboxylic acids is 2. The zero-order valence-corrected chi connectivity index (χ0v) is 23.7. The SMILES string of the molecule is CCOC(=O)C1=C(O)/C(=C/c2ccc(OCc3ccccc3C#N)c(OCC)c2)SC1=NC(=O)c1ccc(C)cc1. The third-order valence-electron chi connectivity index (χ3n) is 5.96. The van der Waals surface area contributed by atoms with Crippen LogP contribution in [0.1, 0.15) is 46.5 Å². The van der Waals surface area contributed by atoms with Crippen LogP contribution >= 0.6 is 11.8 Å². The van der Waals surface area contributed by atoms with Crippen molar-refractivity contribution in [3.05, 3.63) is 111 Å². The van der Waals surface area contributed by atoms with E-state index in [9.17, 15) is 20.0 Å². The van der Waals surface area contributed by atoms with Crippen LogP contribution in [0.4, 0.5) is 0 Å². The molecule has 0 aromatic heterocycles. The first-order chi connectivity index (χ1) is 19.8. The van der Waals surface area contributed by atoms with Crippen LogP contribution in [0.5, 0.6) is 11.5 Å². The van der Waals surface area contributed by atoms with Gasteiger partial charge in [0.1, 0.15) is 23.0 Å². The van der Waals surface area contributed by atoms with Crippen molar-refractivity contribution in [1.82, 2.24) is 0 Å². The van der Waals surface area contributed by atoms with Gasteiger partial charge in [-0.3, -0.25) is 4.79 Å². The largest absolute Gasteiger partial charge is 0.506 e. The number of carbonyl (C=O) groups is 2. The molecular formula is C32H28N2O6S. The first-order valence-corrected chi connectivity index (χ1v) is 13.7. The van der Waals surface area contributed by atoms with Crippen LogP contribution in [0.2, 0.25) is 0 Å². The lowest BCUT2D eigenvalue weighted by Gasteiger charge is -2.13. The Morgan fingerprint density at radius 2 is 1.76 bits per heavy atom. The summed E-state index contributed by atoms with van der Waals surface area (Å²) >= 11 is 1.000. The summed E-state index contributed by atoms with van der Waals surface area (Å²) in [6.45, 7) is 6.07. The highest BCUT2D eigenvalue weighted by atomic mass is 32.2. The van der Waals surface area contributed by atoms with Gasteiger partial charge in [-0.05, 0) is 62.7 Å². The molecule has 1 aliphatic heterocycles. The fourth-order valence-corrected chi connectivity index (χ4v) is 4.92. The maximum absolute atomic E-state index is 12.8. The number of amides is 1. The summed E-state index contributed by atoms with van der Waals surface area (Å²) in [6, 6.07) is 21.5. The van der Waals surface area contributed by atoms with E-state index in [1.807, 2.05) is 26.0 Å². The quantitative estimate of drug-likeness (QED) is 0.289. The molecule has 0 bridgehead atoms. The zero-order chi connectivity index (χ0) is 29.4. The Bertz CT molecular complexity index is 1600. The summed E-state index contributed by atoms with van der Waals surface area (Å²) < 4.78 is 16.9. The second-order valence-corrected chi connectivity index (χ2v) is 9.87. The van der Waals surface area contributed by atoms with Crippen molar-refractivity contribution in [3.8, 4) is 17.6 Å². The molecule has 0 saturated carbocycles. The number of nitrogens with zero attached hydrogens (tertiary/aromatic N) is 2. The second kappa shape index (κ2) is 13.5. The van der Waals surface area contributed by atoms with Gasteiger partial charge in [0.2, 0.25) is 0 Å². The molecule has 4 rings (SSSR count). The van der Waals surface area contributed by atoms with Gasteiger partial charge in [-0.1, -0.05) is 53.7 Å². The van der Waals surface area contributed by atoms with Crippen LogP contribution < -0.4 is 9.47 Å². The number of rotatable bonds is 9. The fourth-order valence-electron chi connectivity index (χ4n) is 3.91. The monoisotopic (exact) mass is 568 g/mol. The summed E-state index contributed by atoms with van der Waals surface area (Å²) in [6.07, 6.45) is 1.66. The van der Waals surface area contributed by atoms with Crippen LogP contribution in [-0.4, -0.2) is 35.2 Å². The number of benzene rings is 3. The molecule has 3 aromatic rings. The molecule has 0 atom stereocenters. The van der Waals surface area contributed by atoms with Gasteiger partial charge in [-0.25, -0.2) is 9.79 Å². The van der Waals surface area contributed by atoms with Crippen molar-refractivity contribution in [2.75, 3.05) is 13.2 Å². The number of aliphatic imine (C=N–C) groups is 1. The summed E-state index contributed by atoms with van der Waals surface area (Å²) in [5, 5.41) is 20.4.